The quantitative estimate of drug-likeness (QED) is 0.863. The minimum Gasteiger partial charge on any atom is -0.394 e. The van der Waals surface area contributed by atoms with Crippen molar-refractivity contribution in [1.29, 1.82) is 0 Å². The Hall–Kier alpha value is -1.39. The molecule has 0 bridgehead atoms. The molecule has 18 heavy (non-hydrogen) atoms. The van der Waals surface area contributed by atoms with E-state index in [9.17, 15) is 4.79 Å². The molecule has 1 aliphatic heterocycles. The average molecular weight is 249 g/mol. The Balaban J connectivity index is 1.99. The van der Waals surface area contributed by atoms with Crippen LogP contribution in [0.4, 0.5) is 0 Å². The first-order valence-corrected chi connectivity index (χ1v) is 6.26. The van der Waals surface area contributed by atoms with Gasteiger partial charge >= 0.3 is 0 Å². The molecule has 0 radical (unpaired) electrons. The van der Waals surface area contributed by atoms with Crippen LogP contribution in [-0.4, -0.2) is 47.8 Å². The molecule has 98 valence electrons. The van der Waals surface area contributed by atoms with Gasteiger partial charge in [0.1, 0.15) is 0 Å². The van der Waals surface area contributed by atoms with Gasteiger partial charge in [-0.25, -0.2) is 0 Å². The number of nitrogens with zero attached hydrogens (tertiary/aromatic N) is 1. The highest BCUT2D eigenvalue weighted by molar-refractivity contribution is 5.79. The third-order valence-corrected chi connectivity index (χ3v) is 3.23. The lowest BCUT2D eigenvalue weighted by Gasteiger charge is -2.37. The maximum absolute atomic E-state index is 12.2. The summed E-state index contributed by atoms with van der Waals surface area (Å²) in [6.45, 7) is 2.90. The van der Waals surface area contributed by atoms with Gasteiger partial charge in [-0.05, 0) is 12.5 Å². The predicted octanol–water partition coefficient (Wildman–Crippen LogP) is 0.837. The van der Waals surface area contributed by atoms with Crippen LogP contribution in [0.3, 0.4) is 0 Å². The van der Waals surface area contributed by atoms with Crippen molar-refractivity contribution in [3.05, 3.63) is 35.9 Å². The largest absolute Gasteiger partial charge is 0.394 e. The molecule has 1 aromatic carbocycles. The van der Waals surface area contributed by atoms with E-state index in [4.69, 9.17) is 9.84 Å². The molecule has 0 saturated carbocycles. The number of amides is 1. The summed E-state index contributed by atoms with van der Waals surface area (Å²) in [5, 5.41) is 9.10. The molecule has 2 unspecified atom stereocenters. The molecule has 4 heteroatoms. The number of rotatable bonds is 3. The van der Waals surface area contributed by atoms with Crippen LogP contribution in [0.2, 0.25) is 0 Å². The highest BCUT2D eigenvalue weighted by Crippen LogP contribution is 2.13. The summed E-state index contributed by atoms with van der Waals surface area (Å²) < 4.78 is 5.43. The summed E-state index contributed by atoms with van der Waals surface area (Å²) in [6.07, 6.45) is 0.157. The Morgan fingerprint density at radius 3 is 2.83 bits per heavy atom. The van der Waals surface area contributed by atoms with Crippen molar-refractivity contribution in [2.75, 3.05) is 19.8 Å². The number of hydrogen-bond acceptors (Lipinski definition) is 3. The Morgan fingerprint density at radius 1 is 1.44 bits per heavy atom. The van der Waals surface area contributed by atoms with Gasteiger partial charge in [-0.15, -0.1) is 0 Å². The molecule has 1 saturated heterocycles. The van der Waals surface area contributed by atoms with Gasteiger partial charge in [-0.1, -0.05) is 30.3 Å². The molecule has 0 aliphatic carbocycles. The van der Waals surface area contributed by atoms with Crippen molar-refractivity contribution < 1.29 is 14.6 Å². The maximum Gasteiger partial charge on any atom is 0.227 e. The van der Waals surface area contributed by atoms with Gasteiger partial charge in [0.25, 0.3) is 0 Å². The minimum atomic E-state index is -0.249. The topological polar surface area (TPSA) is 49.8 Å². The van der Waals surface area contributed by atoms with Crippen LogP contribution in [0.25, 0.3) is 0 Å². The Labute approximate surface area is 107 Å². The minimum absolute atomic E-state index is 0.0398. The van der Waals surface area contributed by atoms with E-state index in [1.807, 2.05) is 37.3 Å². The van der Waals surface area contributed by atoms with E-state index < -0.39 is 0 Å². The molecule has 2 rings (SSSR count). The molecule has 1 aliphatic rings. The molecule has 2 atom stereocenters. The average Bonchev–Trinajstić information content (AvgIpc) is 2.40. The molecule has 0 aromatic heterocycles. The zero-order valence-electron chi connectivity index (χ0n) is 10.6. The van der Waals surface area contributed by atoms with Crippen LogP contribution < -0.4 is 0 Å². The van der Waals surface area contributed by atoms with E-state index in [0.29, 0.717) is 19.6 Å². The molecule has 1 amide bonds. The van der Waals surface area contributed by atoms with Crippen molar-refractivity contribution in [2.45, 2.75) is 25.5 Å². The molecule has 0 spiro atoms. The molecule has 1 N–H and O–H groups in total. The summed E-state index contributed by atoms with van der Waals surface area (Å²) >= 11 is 0. The van der Waals surface area contributed by atoms with E-state index in [1.54, 1.807) is 4.90 Å². The highest BCUT2D eigenvalue weighted by Gasteiger charge is 2.28. The lowest BCUT2D eigenvalue weighted by molar-refractivity contribution is -0.145. The number of ether oxygens (including phenoxy) is 1. The maximum atomic E-state index is 12.2. The number of carbonyl (C=O) groups is 1. The smallest absolute Gasteiger partial charge is 0.227 e. The van der Waals surface area contributed by atoms with Gasteiger partial charge in [0.15, 0.2) is 0 Å². The number of hydrogen-bond donors (Lipinski definition) is 1. The Morgan fingerprint density at radius 2 is 2.17 bits per heavy atom. The first-order valence-electron chi connectivity index (χ1n) is 6.26. The highest BCUT2D eigenvalue weighted by atomic mass is 16.5. The third-order valence-electron chi connectivity index (χ3n) is 3.23. The number of morpholine rings is 1. The second-order valence-corrected chi connectivity index (χ2v) is 4.70. The van der Waals surface area contributed by atoms with E-state index >= 15 is 0 Å². The molecule has 1 aromatic rings. The van der Waals surface area contributed by atoms with Gasteiger partial charge in [-0.2, -0.15) is 0 Å². The molecular formula is C14H19NO3. The van der Waals surface area contributed by atoms with Gasteiger partial charge in [0.05, 0.1) is 31.8 Å². The monoisotopic (exact) mass is 249 g/mol. The van der Waals surface area contributed by atoms with E-state index in [2.05, 4.69) is 0 Å². The Kier molecular flexibility index (Phi) is 4.33. The molecule has 1 fully saturated rings. The normalized spacial score (nSPS) is 24.0. The fourth-order valence-electron chi connectivity index (χ4n) is 2.15. The summed E-state index contributed by atoms with van der Waals surface area (Å²) in [4.78, 5) is 14.0. The number of benzene rings is 1. The fraction of sp³-hybridized carbons (Fsp3) is 0.500. The number of aliphatic hydroxyl groups excluding tert-OH is 1. The second-order valence-electron chi connectivity index (χ2n) is 4.70. The van der Waals surface area contributed by atoms with Gasteiger partial charge in [0.2, 0.25) is 5.91 Å². The van der Waals surface area contributed by atoms with Crippen molar-refractivity contribution in [1.82, 2.24) is 4.90 Å². The zero-order valence-corrected chi connectivity index (χ0v) is 10.6. The summed E-state index contributed by atoms with van der Waals surface area (Å²) in [7, 11) is 0. The van der Waals surface area contributed by atoms with Crippen molar-refractivity contribution in [3.63, 3.8) is 0 Å². The first-order chi connectivity index (χ1) is 8.70. The summed E-state index contributed by atoms with van der Waals surface area (Å²) in [6, 6.07) is 9.78. The van der Waals surface area contributed by atoms with Crippen LogP contribution >= 0.6 is 0 Å². The standard InChI is InChI=1S/C14H19NO3/c1-11-10-18-13(9-16)8-15(11)14(17)7-12-5-3-2-4-6-12/h2-6,11,13,16H,7-10H2,1H3. The van der Waals surface area contributed by atoms with Crippen molar-refractivity contribution in [3.8, 4) is 0 Å². The second kappa shape index (κ2) is 5.98. The van der Waals surface area contributed by atoms with Crippen LogP contribution in [0.5, 0.6) is 0 Å². The SMILES string of the molecule is CC1COC(CO)CN1C(=O)Cc1ccccc1. The van der Waals surface area contributed by atoms with E-state index in [-0.39, 0.29) is 24.7 Å². The van der Waals surface area contributed by atoms with Gasteiger partial charge < -0.3 is 14.7 Å². The number of aliphatic hydroxyl groups is 1. The van der Waals surface area contributed by atoms with Crippen LogP contribution in [0.1, 0.15) is 12.5 Å². The van der Waals surface area contributed by atoms with E-state index in [0.717, 1.165) is 5.56 Å². The van der Waals surface area contributed by atoms with Crippen LogP contribution in [0.15, 0.2) is 30.3 Å². The van der Waals surface area contributed by atoms with Crippen LogP contribution in [-0.2, 0) is 16.0 Å². The van der Waals surface area contributed by atoms with Gasteiger partial charge in [0, 0.05) is 6.54 Å². The summed E-state index contributed by atoms with van der Waals surface area (Å²) in [5.41, 5.74) is 1.02. The zero-order chi connectivity index (χ0) is 13.0. The summed E-state index contributed by atoms with van der Waals surface area (Å²) in [5.74, 6) is 0.0930. The molecular weight excluding hydrogens is 230 g/mol. The Bertz CT molecular complexity index is 393. The van der Waals surface area contributed by atoms with Crippen LogP contribution in [0, 0.1) is 0 Å². The van der Waals surface area contributed by atoms with Crippen molar-refractivity contribution in [2.24, 2.45) is 0 Å². The fourth-order valence-corrected chi connectivity index (χ4v) is 2.15. The molecule has 1 heterocycles. The predicted molar refractivity (Wildman–Crippen MR) is 68.1 cm³/mol. The third kappa shape index (κ3) is 3.09. The van der Waals surface area contributed by atoms with Crippen molar-refractivity contribution >= 4 is 5.91 Å². The molecule has 4 nitrogen and oxygen atoms in total. The van der Waals surface area contributed by atoms with Gasteiger partial charge in [-0.3, -0.25) is 4.79 Å². The lowest BCUT2D eigenvalue weighted by Crippen LogP contribution is -2.52. The first kappa shape index (κ1) is 13.1. The van der Waals surface area contributed by atoms with E-state index in [1.165, 1.54) is 0 Å². The lowest BCUT2D eigenvalue weighted by atomic mass is 10.1. The number of carbonyl (C=O) groups excluding carboxylic acids is 1.